The molecule has 0 bridgehead atoms. The van der Waals surface area contributed by atoms with E-state index in [1.807, 2.05) is 24.3 Å². The topological polar surface area (TPSA) is 87.8 Å². The molecule has 4 N–H and O–H groups in total. The standard InChI is InChI=1S/C15H23N3O3/c16-9-12-3-1-2-4-14(12)17-15(20)5-6-18-7-8-21-13(10-18)11-19/h1-4,13,19H,5-11,16H2,(H,17,20). The van der Waals surface area contributed by atoms with Gasteiger partial charge in [0.25, 0.3) is 0 Å². The number of aliphatic hydroxyl groups is 1. The third kappa shape index (κ3) is 4.78. The molecule has 116 valence electrons. The van der Waals surface area contributed by atoms with Crippen molar-refractivity contribution in [3.63, 3.8) is 0 Å². The van der Waals surface area contributed by atoms with E-state index in [0.717, 1.165) is 17.8 Å². The third-order valence-corrected chi connectivity index (χ3v) is 3.59. The minimum atomic E-state index is -0.139. The maximum absolute atomic E-state index is 12.0. The van der Waals surface area contributed by atoms with Gasteiger partial charge in [0.15, 0.2) is 0 Å². The van der Waals surface area contributed by atoms with E-state index in [1.165, 1.54) is 0 Å². The highest BCUT2D eigenvalue weighted by molar-refractivity contribution is 5.91. The first-order valence-corrected chi connectivity index (χ1v) is 7.25. The summed E-state index contributed by atoms with van der Waals surface area (Å²) in [5, 5.41) is 12.0. The van der Waals surface area contributed by atoms with Gasteiger partial charge in [0, 0.05) is 38.3 Å². The Kier molecular flexibility index (Phi) is 6.13. The smallest absolute Gasteiger partial charge is 0.225 e. The molecule has 6 nitrogen and oxygen atoms in total. The van der Waals surface area contributed by atoms with E-state index in [4.69, 9.17) is 15.6 Å². The van der Waals surface area contributed by atoms with Gasteiger partial charge in [-0.1, -0.05) is 18.2 Å². The second-order valence-corrected chi connectivity index (χ2v) is 5.14. The number of aliphatic hydroxyl groups excluding tert-OH is 1. The molecule has 6 heteroatoms. The lowest BCUT2D eigenvalue weighted by Crippen LogP contribution is -2.44. The molecule has 1 aliphatic heterocycles. The summed E-state index contributed by atoms with van der Waals surface area (Å²) in [7, 11) is 0. The zero-order valence-corrected chi connectivity index (χ0v) is 12.1. The molecule has 0 aromatic heterocycles. The van der Waals surface area contributed by atoms with E-state index in [1.54, 1.807) is 0 Å². The van der Waals surface area contributed by atoms with Crippen molar-refractivity contribution in [2.45, 2.75) is 19.1 Å². The molecule has 1 atom stereocenters. The maximum Gasteiger partial charge on any atom is 0.225 e. The molecule has 1 aromatic rings. The fraction of sp³-hybridized carbons (Fsp3) is 0.533. The zero-order valence-electron chi connectivity index (χ0n) is 12.1. The fourth-order valence-corrected chi connectivity index (χ4v) is 2.39. The van der Waals surface area contributed by atoms with Gasteiger partial charge >= 0.3 is 0 Å². The number of benzene rings is 1. The molecule has 2 rings (SSSR count). The summed E-state index contributed by atoms with van der Waals surface area (Å²) in [6, 6.07) is 7.54. The second-order valence-electron chi connectivity index (χ2n) is 5.14. The van der Waals surface area contributed by atoms with Gasteiger partial charge in [0.05, 0.1) is 19.3 Å². The minimum absolute atomic E-state index is 0.0204. The fourth-order valence-electron chi connectivity index (χ4n) is 2.39. The Labute approximate surface area is 124 Å². The summed E-state index contributed by atoms with van der Waals surface area (Å²) in [6.45, 7) is 3.15. The summed E-state index contributed by atoms with van der Waals surface area (Å²) in [4.78, 5) is 14.2. The Bertz CT molecular complexity index is 467. The van der Waals surface area contributed by atoms with Crippen LogP contribution in [0.3, 0.4) is 0 Å². The number of nitrogens with one attached hydrogen (secondary N) is 1. The number of hydrogen-bond donors (Lipinski definition) is 3. The predicted octanol–water partition coefficient (Wildman–Crippen LogP) is 0.167. The van der Waals surface area contributed by atoms with E-state index in [-0.39, 0.29) is 18.6 Å². The molecule has 0 aliphatic carbocycles. The van der Waals surface area contributed by atoms with Crippen LogP contribution in [-0.4, -0.2) is 54.9 Å². The lowest BCUT2D eigenvalue weighted by molar-refractivity contribution is -0.117. The van der Waals surface area contributed by atoms with Gasteiger partial charge in [-0.05, 0) is 11.6 Å². The normalized spacial score (nSPS) is 19.4. The molecule has 1 unspecified atom stereocenters. The Morgan fingerprint density at radius 3 is 3.05 bits per heavy atom. The number of rotatable bonds is 6. The van der Waals surface area contributed by atoms with Gasteiger partial charge in [0.1, 0.15) is 0 Å². The van der Waals surface area contributed by atoms with Crippen molar-refractivity contribution in [1.29, 1.82) is 0 Å². The lowest BCUT2D eigenvalue weighted by atomic mass is 10.1. The molecule has 1 heterocycles. The first kappa shape index (κ1) is 15.9. The molecule has 1 amide bonds. The van der Waals surface area contributed by atoms with Crippen molar-refractivity contribution in [2.75, 3.05) is 38.2 Å². The van der Waals surface area contributed by atoms with Crippen molar-refractivity contribution >= 4 is 11.6 Å². The number of carbonyl (C=O) groups excluding carboxylic acids is 1. The highest BCUT2D eigenvalue weighted by Crippen LogP contribution is 2.14. The molecule has 0 saturated carbocycles. The van der Waals surface area contributed by atoms with Crippen molar-refractivity contribution in [1.82, 2.24) is 4.90 Å². The summed E-state index contributed by atoms with van der Waals surface area (Å²) in [5.41, 5.74) is 7.36. The van der Waals surface area contributed by atoms with Crippen molar-refractivity contribution in [3.05, 3.63) is 29.8 Å². The van der Waals surface area contributed by atoms with Gasteiger partial charge in [-0.2, -0.15) is 0 Å². The number of amides is 1. The van der Waals surface area contributed by atoms with Gasteiger partial charge in [0.2, 0.25) is 5.91 Å². The van der Waals surface area contributed by atoms with E-state index in [9.17, 15) is 4.79 Å². The number of ether oxygens (including phenoxy) is 1. The Hall–Kier alpha value is -1.47. The molecule has 1 aliphatic rings. The van der Waals surface area contributed by atoms with Crippen LogP contribution in [0.2, 0.25) is 0 Å². The maximum atomic E-state index is 12.0. The lowest BCUT2D eigenvalue weighted by Gasteiger charge is -2.31. The third-order valence-electron chi connectivity index (χ3n) is 3.59. The number of nitrogens with zero attached hydrogens (tertiary/aromatic N) is 1. The van der Waals surface area contributed by atoms with Crippen LogP contribution in [0.15, 0.2) is 24.3 Å². The molecule has 0 spiro atoms. The van der Waals surface area contributed by atoms with Crippen LogP contribution in [0.25, 0.3) is 0 Å². The van der Waals surface area contributed by atoms with E-state index >= 15 is 0 Å². The van der Waals surface area contributed by atoms with Gasteiger partial charge in [-0.3, -0.25) is 9.69 Å². The highest BCUT2D eigenvalue weighted by atomic mass is 16.5. The minimum Gasteiger partial charge on any atom is -0.394 e. The number of morpholine rings is 1. The average molecular weight is 293 g/mol. The summed E-state index contributed by atoms with van der Waals surface area (Å²) < 4.78 is 5.38. The van der Waals surface area contributed by atoms with Crippen LogP contribution < -0.4 is 11.1 Å². The first-order chi connectivity index (χ1) is 10.2. The number of carbonyl (C=O) groups is 1. The Balaban J connectivity index is 1.79. The van der Waals surface area contributed by atoms with Crippen molar-refractivity contribution in [2.24, 2.45) is 5.73 Å². The summed E-state index contributed by atoms with van der Waals surface area (Å²) >= 11 is 0. The van der Waals surface area contributed by atoms with Crippen molar-refractivity contribution < 1.29 is 14.6 Å². The van der Waals surface area contributed by atoms with Crippen LogP contribution in [0.4, 0.5) is 5.69 Å². The molecule has 1 saturated heterocycles. The van der Waals surface area contributed by atoms with Gasteiger partial charge < -0.3 is 20.9 Å². The second kappa shape index (κ2) is 8.09. The Morgan fingerprint density at radius 1 is 1.48 bits per heavy atom. The molecule has 1 aromatic carbocycles. The Morgan fingerprint density at radius 2 is 2.29 bits per heavy atom. The van der Waals surface area contributed by atoms with E-state index in [2.05, 4.69) is 10.2 Å². The summed E-state index contributed by atoms with van der Waals surface area (Å²) in [6.07, 6.45) is 0.275. The highest BCUT2D eigenvalue weighted by Gasteiger charge is 2.20. The number of hydrogen-bond acceptors (Lipinski definition) is 5. The zero-order chi connectivity index (χ0) is 15.1. The monoisotopic (exact) mass is 293 g/mol. The number of anilines is 1. The molecular weight excluding hydrogens is 270 g/mol. The quantitative estimate of drug-likeness (QED) is 0.696. The number of para-hydroxylation sites is 1. The van der Waals surface area contributed by atoms with Gasteiger partial charge in [-0.25, -0.2) is 0 Å². The molecule has 0 radical (unpaired) electrons. The number of nitrogens with two attached hydrogens (primary N) is 1. The van der Waals surface area contributed by atoms with Crippen molar-refractivity contribution in [3.8, 4) is 0 Å². The largest absolute Gasteiger partial charge is 0.394 e. The van der Waals surface area contributed by atoms with Crippen LogP contribution in [0, 0.1) is 0 Å². The first-order valence-electron chi connectivity index (χ1n) is 7.25. The van der Waals surface area contributed by atoms with Crippen LogP contribution >= 0.6 is 0 Å². The molecule has 21 heavy (non-hydrogen) atoms. The molecule has 1 fully saturated rings. The van der Waals surface area contributed by atoms with E-state index < -0.39 is 0 Å². The molecular formula is C15H23N3O3. The SMILES string of the molecule is NCc1ccccc1NC(=O)CCN1CCOC(CO)C1. The average Bonchev–Trinajstić information content (AvgIpc) is 2.53. The summed E-state index contributed by atoms with van der Waals surface area (Å²) in [5.74, 6) is -0.0251. The predicted molar refractivity (Wildman–Crippen MR) is 80.8 cm³/mol. The van der Waals surface area contributed by atoms with E-state index in [0.29, 0.717) is 32.7 Å². The van der Waals surface area contributed by atoms with Crippen LogP contribution in [-0.2, 0) is 16.1 Å². The van der Waals surface area contributed by atoms with Crippen LogP contribution in [0.5, 0.6) is 0 Å². The van der Waals surface area contributed by atoms with Gasteiger partial charge in [-0.15, -0.1) is 0 Å². The van der Waals surface area contributed by atoms with Crippen LogP contribution in [0.1, 0.15) is 12.0 Å².